The number of rotatable bonds is 7. The van der Waals surface area contributed by atoms with Crippen LogP contribution in [0.4, 0.5) is 5.69 Å². The number of nitrogens with one attached hydrogen (secondary N) is 1. The molecular weight excluding hydrogens is 452 g/mol. The predicted octanol–water partition coefficient (Wildman–Crippen LogP) is 5.23. The summed E-state index contributed by atoms with van der Waals surface area (Å²) in [6.07, 6.45) is 1.45. The van der Waals surface area contributed by atoms with Crippen molar-refractivity contribution in [2.75, 3.05) is 11.9 Å². The van der Waals surface area contributed by atoms with Crippen molar-refractivity contribution in [2.24, 2.45) is 0 Å². The number of amides is 1. The molecule has 0 saturated carbocycles. The first-order chi connectivity index (χ1) is 16.4. The molecule has 0 aliphatic heterocycles. The van der Waals surface area contributed by atoms with Gasteiger partial charge in [0.2, 0.25) is 11.3 Å². The number of anilines is 1. The maximum atomic E-state index is 13.3. The van der Waals surface area contributed by atoms with Gasteiger partial charge in [-0.15, -0.1) is 0 Å². The summed E-state index contributed by atoms with van der Waals surface area (Å²) in [6, 6.07) is 18.9. The number of aromatic nitrogens is 1. The average Bonchev–Trinajstić information content (AvgIpc) is 2.83. The van der Waals surface area contributed by atoms with Gasteiger partial charge in [0.1, 0.15) is 12.3 Å². The molecule has 1 N–H and O–H groups in total. The van der Waals surface area contributed by atoms with Crippen LogP contribution in [-0.2, 0) is 11.3 Å². The Morgan fingerprint density at radius 2 is 1.79 bits per heavy atom. The van der Waals surface area contributed by atoms with Crippen molar-refractivity contribution in [3.63, 3.8) is 0 Å². The van der Waals surface area contributed by atoms with Gasteiger partial charge in [-0.25, -0.2) is 0 Å². The molecule has 172 valence electrons. The molecule has 4 aromatic rings. The molecule has 34 heavy (non-hydrogen) atoms. The Kier molecular flexibility index (Phi) is 6.80. The van der Waals surface area contributed by atoms with Crippen molar-refractivity contribution in [1.29, 1.82) is 0 Å². The zero-order chi connectivity index (χ0) is 24.2. The highest BCUT2D eigenvalue weighted by Crippen LogP contribution is 2.22. The number of hydrogen-bond acceptors (Lipinski definition) is 4. The van der Waals surface area contributed by atoms with Crippen LogP contribution in [0, 0.1) is 6.92 Å². The number of ether oxygens (including phenoxy) is 1. The number of carbonyl (C=O) groups excluding carboxylic acids is 2. The molecule has 0 saturated heterocycles. The number of fused-ring (bicyclic) bond motifs is 1. The Labute approximate surface area is 201 Å². The molecule has 1 heterocycles. The van der Waals surface area contributed by atoms with E-state index in [0.29, 0.717) is 39.5 Å². The molecule has 0 bridgehead atoms. The lowest BCUT2D eigenvalue weighted by molar-refractivity contribution is -0.116. The first-order valence-corrected chi connectivity index (χ1v) is 11.2. The lowest BCUT2D eigenvalue weighted by atomic mass is 10.0. The third-order valence-electron chi connectivity index (χ3n) is 5.41. The van der Waals surface area contributed by atoms with Crippen molar-refractivity contribution in [3.8, 4) is 5.75 Å². The van der Waals surface area contributed by atoms with E-state index in [4.69, 9.17) is 16.3 Å². The number of halogens is 1. The number of aryl methyl sites for hydroxylation is 1. The number of carbonyl (C=O) groups is 2. The maximum absolute atomic E-state index is 13.3. The monoisotopic (exact) mass is 474 g/mol. The number of hydrogen-bond donors (Lipinski definition) is 1. The molecule has 1 aromatic heterocycles. The maximum Gasteiger partial charge on any atom is 0.244 e. The van der Waals surface area contributed by atoms with Gasteiger partial charge >= 0.3 is 0 Å². The van der Waals surface area contributed by atoms with Crippen LogP contribution in [0.1, 0.15) is 28.4 Å². The molecule has 6 nitrogen and oxygen atoms in total. The van der Waals surface area contributed by atoms with E-state index in [9.17, 15) is 14.4 Å². The molecule has 0 fully saturated rings. The molecule has 1 amide bonds. The molecule has 0 aliphatic carbocycles. The Morgan fingerprint density at radius 1 is 1.03 bits per heavy atom. The largest absolute Gasteiger partial charge is 0.494 e. The van der Waals surface area contributed by atoms with Crippen LogP contribution in [-0.4, -0.2) is 22.9 Å². The standard InChI is InChI=1S/C27H23ClN2O4/c1-3-34-20-11-12-24-21(14-20)27(33)22(26(32)18-7-5-4-6-8-18)15-30(24)16-25(31)29-19-10-9-17(2)23(28)13-19/h4-15H,3,16H2,1-2H3,(H,29,31). The van der Waals surface area contributed by atoms with Crippen LogP contribution in [0.3, 0.4) is 0 Å². The Morgan fingerprint density at radius 3 is 2.50 bits per heavy atom. The molecule has 4 rings (SSSR count). The first-order valence-electron chi connectivity index (χ1n) is 10.8. The SMILES string of the molecule is CCOc1ccc2c(c1)c(=O)c(C(=O)c1ccccc1)cn2CC(=O)Nc1ccc(C)c(Cl)c1. The fraction of sp³-hybridized carbons (Fsp3) is 0.148. The smallest absolute Gasteiger partial charge is 0.244 e. The van der Waals surface area contributed by atoms with Gasteiger partial charge in [0.05, 0.1) is 23.1 Å². The second-order valence-electron chi connectivity index (χ2n) is 7.82. The summed E-state index contributed by atoms with van der Waals surface area (Å²) in [5.74, 6) is -0.215. The Bertz CT molecular complexity index is 1440. The number of nitrogens with zero attached hydrogens (tertiary/aromatic N) is 1. The van der Waals surface area contributed by atoms with Gasteiger partial charge < -0.3 is 14.6 Å². The highest BCUT2D eigenvalue weighted by molar-refractivity contribution is 6.31. The van der Waals surface area contributed by atoms with Crippen molar-refractivity contribution in [1.82, 2.24) is 4.57 Å². The van der Waals surface area contributed by atoms with Crippen LogP contribution >= 0.6 is 11.6 Å². The van der Waals surface area contributed by atoms with Gasteiger partial charge in [-0.3, -0.25) is 14.4 Å². The summed E-state index contributed by atoms with van der Waals surface area (Å²) in [7, 11) is 0. The van der Waals surface area contributed by atoms with Crippen LogP contribution in [0.15, 0.2) is 77.7 Å². The average molecular weight is 475 g/mol. The zero-order valence-electron chi connectivity index (χ0n) is 18.8. The van der Waals surface area contributed by atoms with Gasteiger partial charge in [0, 0.05) is 22.5 Å². The van der Waals surface area contributed by atoms with E-state index >= 15 is 0 Å². The number of pyridine rings is 1. The molecule has 3 aromatic carbocycles. The van der Waals surface area contributed by atoms with Crippen molar-refractivity contribution >= 4 is 39.9 Å². The summed E-state index contributed by atoms with van der Waals surface area (Å²) in [6.45, 7) is 4.05. The van der Waals surface area contributed by atoms with Crippen molar-refractivity contribution in [2.45, 2.75) is 20.4 Å². The fourth-order valence-corrected chi connectivity index (χ4v) is 3.88. The number of ketones is 1. The molecule has 0 aliphatic rings. The van der Waals surface area contributed by atoms with E-state index in [-0.39, 0.29) is 18.0 Å². The summed E-state index contributed by atoms with van der Waals surface area (Å²) >= 11 is 6.17. The Hall–Kier alpha value is -3.90. The second-order valence-corrected chi connectivity index (χ2v) is 8.23. The van der Waals surface area contributed by atoms with Crippen LogP contribution in [0.25, 0.3) is 10.9 Å². The fourth-order valence-electron chi connectivity index (χ4n) is 3.70. The quantitative estimate of drug-likeness (QED) is 0.372. The Balaban J connectivity index is 1.77. The highest BCUT2D eigenvalue weighted by Gasteiger charge is 2.19. The van der Waals surface area contributed by atoms with Crippen LogP contribution in [0.2, 0.25) is 5.02 Å². The van der Waals surface area contributed by atoms with E-state index < -0.39 is 11.2 Å². The molecule has 0 spiro atoms. The first kappa shape index (κ1) is 23.3. The summed E-state index contributed by atoms with van der Waals surface area (Å²) in [4.78, 5) is 39.3. The lowest BCUT2D eigenvalue weighted by Gasteiger charge is -2.15. The minimum absolute atomic E-state index is 0.0153. The van der Waals surface area contributed by atoms with E-state index in [2.05, 4.69) is 5.32 Å². The zero-order valence-corrected chi connectivity index (χ0v) is 19.6. The van der Waals surface area contributed by atoms with Gasteiger partial charge in [-0.2, -0.15) is 0 Å². The third kappa shape index (κ3) is 4.87. The minimum Gasteiger partial charge on any atom is -0.494 e. The van der Waals surface area contributed by atoms with Gasteiger partial charge in [0.25, 0.3) is 0 Å². The van der Waals surface area contributed by atoms with Crippen molar-refractivity contribution < 1.29 is 14.3 Å². The molecule has 7 heteroatoms. The molecular formula is C27H23ClN2O4. The summed E-state index contributed by atoms with van der Waals surface area (Å²) in [5, 5.41) is 3.67. The lowest BCUT2D eigenvalue weighted by Crippen LogP contribution is -2.24. The minimum atomic E-state index is -0.410. The highest BCUT2D eigenvalue weighted by atomic mass is 35.5. The molecule has 0 unspecified atom stereocenters. The number of benzene rings is 3. The summed E-state index contributed by atoms with van der Waals surface area (Å²) in [5.41, 5.74) is 1.96. The van der Waals surface area contributed by atoms with Gasteiger partial charge in [-0.1, -0.05) is 48.0 Å². The predicted molar refractivity (Wildman–Crippen MR) is 134 cm³/mol. The third-order valence-corrected chi connectivity index (χ3v) is 5.82. The van der Waals surface area contributed by atoms with Gasteiger partial charge in [-0.05, 0) is 49.7 Å². The molecule has 0 radical (unpaired) electrons. The normalized spacial score (nSPS) is 10.8. The van der Waals surface area contributed by atoms with Crippen molar-refractivity contribution in [3.05, 3.63) is 105 Å². The second kappa shape index (κ2) is 9.93. The molecule has 0 atom stereocenters. The van der Waals surface area contributed by atoms with E-state index in [1.807, 2.05) is 19.9 Å². The van der Waals surface area contributed by atoms with Crippen LogP contribution in [0.5, 0.6) is 5.75 Å². The summed E-state index contributed by atoms with van der Waals surface area (Å²) < 4.78 is 7.15. The topological polar surface area (TPSA) is 77.4 Å². The van der Waals surface area contributed by atoms with E-state index in [1.54, 1.807) is 65.2 Å². The van der Waals surface area contributed by atoms with Crippen LogP contribution < -0.4 is 15.5 Å². The van der Waals surface area contributed by atoms with E-state index in [0.717, 1.165) is 5.56 Å². The van der Waals surface area contributed by atoms with Gasteiger partial charge in [0.15, 0.2) is 5.78 Å². The van der Waals surface area contributed by atoms with E-state index in [1.165, 1.54) is 6.20 Å².